The van der Waals surface area contributed by atoms with Crippen molar-refractivity contribution >= 4 is 33.2 Å². The number of halogens is 1. The zero-order chi connectivity index (χ0) is 18.0. The highest BCUT2D eigenvalue weighted by Gasteiger charge is 2.30. The van der Waals surface area contributed by atoms with E-state index in [9.17, 15) is 13.2 Å². The van der Waals surface area contributed by atoms with Crippen LogP contribution in [0.1, 0.15) is 39.5 Å². The summed E-state index contributed by atoms with van der Waals surface area (Å²) in [6, 6.07) is 4.45. The van der Waals surface area contributed by atoms with Crippen LogP contribution in [-0.4, -0.2) is 37.3 Å². The third-order valence-electron chi connectivity index (χ3n) is 4.16. The number of benzene rings is 1. The van der Waals surface area contributed by atoms with E-state index in [0.717, 1.165) is 19.3 Å². The van der Waals surface area contributed by atoms with Gasteiger partial charge >= 0.3 is 0 Å². The number of carbonyl (C=O) groups is 1. The molecule has 0 bridgehead atoms. The van der Waals surface area contributed by atoms with Crippen LogP contribution in [0.3, 0.4) is 0 Å². The molecule has 0 aromatic heterocycles. The van der Waals surface area contributed by atoms with Crippen molar-refractivity contribution in [2.75, 3.05) is 18.4 Å². The van der Waals surface area contributed by atoms with Gasteiger partial charge in [0.1, 0.15) is 4.90 Å². The lowest BCUT2D eigenvalue weighted by Crippen LogP contribution is -2.48. The van der Waals surface area contributed by atoms with Gasteiger partial charge < -0.3 is 11.1 Å². The minimum Gasteiger partial charge on any atom is -0.324 e. The summed E-state index contributed by atoms with van der Waals surface area (Å²) >= 11 is 6.09. The molecule has 0 saturated carbocycles. The van der Waals surface area contributed by atoms with Gasteiger partial charge in [0, 0.05) is 18.8 Å². The van der Waals surface area contributed by atoms with Crippen molar-refractivity contribution in [2.45, 2.75) is 50.0 Å². The Morgan fingerprint density at radius 1 is 1.38 bits per heavy atom. The standard InChI is InChI=1S/C16H24ClN3O3S/c1-3-8-16(2,18)15(21)19-12-6-7-13(17)14(11-12)24(22,23)20-9-4-5-10-20/h6-7,11H,3-5,8-10,18H2,1-2H3,(H,19,21). The first-order valence-electron chi connectivity index (χ1n) is 8.08. The number of hydrogen-bond donors (Lipinski definition) is 2. The van der Waals surface area contributed by atoms with E-state index in [0.29, 0.717) is 25.2 Å². The Hall–Kier alpha value is -1.15. The molecule has 0 radical (unpaired) electrons. The van der Waals surface area contributed by atoms with Gasteiger partial charge in [0.15, 0.2) is 0 Å². The molecule has 1 aromatic carbocycles. The molecule has 2 rings (SSSR count). The number of anilines is 1. The van der Waals surface area contributed by atoms with Crippen molar-refractivity contribution in [3.05, 3.63) is 23.2 Å². The molecule has 8 heteroatoms. The van der Waals surface area contributed by atoms with Crippen LogP contribution in [0.25, 0.3) is 0 Å². The topological polar surface area (TPSA) is 92.5 Å². The van der Waals surface area contributed by atoms with E-state index >= 15 is 0 Å². The number of nitrogens with one attached hydrogen (secondary N) is 1. The lowest BCUT2D eigenvalue weighted by Gasteiger charge is -2.23. The van der Waals surface area contributed by atoms with Gasteiger partial charge in [0.2, 0.25) is 15.9 Å². The van der Waals surface area contributed by atoms with Crippen molar-refractivity contribution in [3.8, 4) is 0 Å². The second-order valence-electron chi connectivity index (χ2n) is 6.38. The second-order valence-corrected chi connectivity index (χ2v) is 8.69. The lowest BCUT2D eigenvalue weighted by atomic mass is 9.96. The third-order valence-corrected chi connectivity index (χ3v) is 6.54. The number of carbonyl (C=O) groups excluding carboxylic acids is 1. The Morgan fingerprint density at radius 3 is 2.58 bits per heavy atom. The Labute approximate surface area is 148 Å². The van der Waals surface area contributed by atoms with Crippen LogP contribution < -0.4 is 11.1 Å². The Balaban J connectivity index is 2.27. The van der Waals surface area contributed by atoms with Crippen molar-refractivity contribution in [1.29, 1.82) is 0 Å². The first-order valence-corrected chi connectivity index (χ1v) is 9.90. The summed E-state index contributed by atoms with van der Waals surface area (Å²) in [5.41, 5.74) is 5.37. The zero-order valence-corrected chi connectivity index (χ0v) is 15.6. The van der Waals surface area contributed by atoms with Crippen LogP contribution in [0.15, 0.2) is 23.1 Å². The fraction of sp³-hybridized carbons (Fsp3) is 0.562. The summed E-state index contributed by atoms with van der Waals surface area (Å²) in [6.07, 6.45) is 2.99. The minimum absolute atomic E-state index is 0.0121. The summed E-state index contributed by atoms with van der Waals surface area (Å²) in [5, 5.41) is 2.83. The molecule has 134 valence electrons. The van der Waals surface area contributed by atoms with E-state index in [1.165, 1.54) is 16.4 Å². The van der Waals surface area contributed by atoms with Crippen LogP contribution in [0.2, 0.25) is 5.02 Å². The van der Waals surface area contributed by atoms with Gasteiger partial charge in [-0.2, -0.15) is 4.31 Å². The summed E-state index contributed by atoms with van der Waals surface area (Å²) in [7, 11) is -3.65. The number of nitrogens with zero attached hydrogens (tertiary/aromatic N) is 1. The van der Waals surface area contributed by atoms with Crippen LogP contribution in [-0.2, 0) is 14.8 Å². The molecule has 1 amide bonds. The second kappa shape index (κ2) is 7.39. The molecule has 1 aliphatic heterocycles. The van der Waals surface area contributed by atoms with E-state index in [4.69, 9.17) is 17.3 Å². The van der Waals surface area contributed by atoms with E-state index in [1.54, 1.807) is 13.0 Å². The maximum absolute atomic E-state index is 12.7. The number of amides is 1. The summed E-state index contributed by atoms with van der Waals surface area (Å²) in [5.74, 6) is -0.351. The molecule has 1 atom stereocenters. The number of sulfonamides is 1. The molecule has 1 saturated heterocycles. The highest BCUT2D eigenvalue weighted by atomic mass is 35.5. The maximum atomic E-state index is 12.7. The predicted molar refractivity (Wildman–Crippen MR) is 95.6 cm³/mol. The van der Waals surface area contributed by atoms with Crippen molar-refractivity contribution in [2.24, 2.45) is 5.73 Å². The third kappa shape index (κ3) is 4.08. The Kier molecular flexibility index (Phi) is 5.91. The lowest BCUT2D eigenvalue weighted by molar-refractivity contribution is -0.120. The number of hydrogen-bond acceptors (Lipinski definition) is 4. The molecule has 6 nitrogen and oxygen atoms in total. The molecule has 0 spiro atoms. The molecule has 0 aliphatic carbocycles. The van der Waals surface area contributed by atoms with Gasteiger partial charge in [0.05, 0.1) is 10.6 Å². The maximum Gasteiger partial charge on any atom is 0.244 e. The Bertz CT molecular complexity index is 713. The summed E-state index contributed by atoms with van der Waals surface area (Å²) in [4.78, 5) is 12.3. The number of nitrogens with two attached hydrogens (primary N) is 1. The first-order chi connectivity index (χ1) is 11.2. The largest absolute Gasteiger partial charge is 0.324 e. The van der Waals surface area contributed by atoms with Gasteiger partial charge in [0.25, 0.3) is 0 Å². The van der Waals surface area contributed by atoms with Crippen molar-refractivity contribution in [3.63, 3.8) is 0 Å². The fourth-order valence-electron chi connectivity index (χ4n) is 2.75. The van der Waals surface area contributed by atoms with Crippen LogP contribution in [0.4, 0.5) is 5.69 Å². The Morgan fingerprint density at radius 2 is 2.00 bits per heavy atom. The van der Waals surface area contributed by atoms with Crippen LogP contribution in [0.5, 0.6) is 0 Å². The fourth-order valence-corrected chi connectivity index (χ4v) is 4.77. The summed E-state index contributed by atoms with van der Waals surface area (Å²) < 4.78 is 26.8. The van der Waals surface area contributed by atoms with Gasteiger partial charge in [-0.25, -0.2) is 8.42 Å². The molecular formula is C16H24ClN3O3S. The van der Waals surface area contributed by atoms with Gasteiger partial charge in [-0.05, 0) is 44.4 Å². The van der Waals surface area contributed by atoms with Crippen LogP contribution in [0, 0.1) is 0 Å². The minimum atomic E-state index is -3.65. The average molecular weight is 374 g/mol. The SMILES string of the molecule is CCCC(C)(N)C(=O)Nc1ccc(Cl)c(S(=O)(=O)N2CCCC2)c1. The molecule has 24 heavy (non-hydrogen) atoms. The molecular weight excluding hydrogens is 350 g/mol. The van der Waals surface area contributed by atoms with E-state index in [-0.39, 0.29) is 15.8 Å². The average Bonchev–Trinajstić information content (AvgIpc) is 3.04. The summed E-state index contributed by atoms with van der Waals surface area (Å²) in [6.45, 7) is 4.59. The van der Waals surface area contributed by atoms with Crippen molar-refractivity contribution in [1.82, 2.24) is 4.31 Å². The molecule has 3 N–H and O–H groups in total. The normalized spacial score (nSPS) is 18.3. The number of rotatable bonds is 6. The van der Waals surface area contributed by atoms with Gasteiger partial charge in [-0.1, -0.05) is 24.9 Å². The predicted octanol–water partition coefficient (Wildman–Crippen LogP) is 2.58. The quantitative estimate of drug-likeness (QED) is 0.801. The van der Waals surface area contributed by atoms with E-state index in [2.05, 4.69) is 5.32 Å². The van der Waals surface area contributed by atoms with E-state index < -0.39 is 15.6 Å². The first kappa shape index (κ1) is 19.2. The monoisotopic (exact) mass is 373 g/mol. The van der Waals surface area contributed by atoms with Gasteiger partial charge in [-0.15, -0.1) is 0 Å². The van der Waals surface area contributed by atoms with Gasteiger partial charge in [-0.3, -0.25) is 4.79 Å². The van der Waals surface area contributed by atoms with Crippen molar-refractivity contribution < 1.29 is 13.2 Å². The highest BCUT2D eigenvalue weighted by Crippen LogP contribution is 2.30. The smallest absolute Gasteiger partial charge is 0.244 e. The zero-order valence-electron chi connectivity index (χ0n) is 14.0. The van der Waals surface area contributed by atoms with E-state index in [1.807, 2.05) is 6.92 Å². The molecule has 1 aliphatic rings. The molecule has 1 unspecified atom stereocenters. The molecule has 1 heterocycles. The molecule has 1 aromatic rings. The molecule has 1 fully saturated rings. The van der Waals surface area contributed by atoms with Crippen LogP contribution >= 0.6 is 11.6 Å². The highest BCUT2D eigenvalue weighted by molar-refractivity contribution is 7.89.